The zero-order valence-electron chi connectivity index (χ0n) is 18.4. The van der Waals surface area contributed by atoms with Gasteiger partial charge in [-0.05, 0) is 50.9 Å². The molecule has 174 valence electrons. The molecule has 12 heteroatoms. The maximum atomic E-state index is 9.85. The molecule has 2 aliphatic rings. The Hall–Kier alpha value is -3.78. The summed E-state index contributed by atoms with van der Waals surface area (Å²) in [6.45, 7) is 6.91. The molecule has 2 aromatic heterocycles. The number of aliphatic imine (C=N–C) groups is 2. The number of amides is 1. The monoisotopic (exact) mass is 470 g/mol. The number of halogens is 1. The number of hydrogen-bond acceptors (Lipinski definition) is 9. The molecule has 1 saturated carbocycles. The molecule has 1 aliphatic heterocycles. The maximum absolute atomic E-state index is 9.85. The van der Waals surface area contributed by atoms with Gasteiger partial charge in [0.2, 0.25) is 23.6 Å². The minimum atomic E-state index is 0.201. The third-order valence-corrected chi connectivity index (χ3v) is 4.73. The number of aromatic nitrogens is 5. The molecule has 0 spiro atoms. The smallest absolute Gasteiger partial charge is 0.234 e. The quantitative estimate of drug-likeness (QED) is 0.306. The van der Waals surface area contributed by atoms with Gasteiger partial charge in [-0.15, -0.1) is 12.8 Å². The van der Waals surface area contributed by atoms with Gasteiger partial charge in [-0.25, -0.2) is 4.99 Å². The van der Waals surface area contributed by atoms with Crippen LogP contribution in [0.3, 0.4) is 0 Å². The van der Waals surface area contributed by atoms with Crippen molar-refractivity contribution in [1.82, 2.24) is 30.5 Å². The number of carbonyl (C=O) groups is 1. The van der Waals surface area contributed by atoms with Gasteiger partial charge in [-0.2, -0.15) is 20.1 Å². The second kappa shape index (κ2) is 13.6. The Labute approximate surface area is 197 Å². The number of anilines is 3. The van der Waals surface area contributed by atoms with Gasteiger partial charge in [0.05, 0.1) is 6.20 Å². The van der Waals surface area contributed by atoms with Crippen LogP contribution in [0.1, 0.15) is 44.2 Å². The zero-order valence-corrected chi connectivity index (χ0v) is 19.2. The highest BCUT2D eigenvalue weighted by atomic mass is 35.5. The number of carbonyl (C=O) groups excluding carboxylic acids is 1. The molecule has 0 radical (unpaired) electrons. The van der Waals surface area contributed by atoms with Crippen molar-refractivity contribution in [2.45, 2.75) is 38.5 Å². The van der Waals surface area contributed by atoms with E-state index >= 15 is 0 Å². The van der Waals surface area contributed by atoms with Crippen LogP contribution in [0.2, 0.25) is 5.28 Å². The van der Waals surface area contributed by atoms with Gasteiger partial charge in [0.15, 0.2) is 5.82 Å². The van der Waals surface area contributed by atoms with Crippen LogP contribution in [0.5, 0.6) is 0 Å². The van der Waals surface area contributed by atoms with Gasteiger partial charge in [0.1, 0.15) is 5.82 Å². The standard InChI is InChI=1S/C13H16ClN7.C6H9N3O.C2H2/c14-11-16-12(18-13(17-11)21-5-1-2-6-21)15-10-7-9(19-20-10)8-3-4-8;1-3-8-4-6(7-2)9-5-10;1-2/h7-8H,1-6H2,(H2,15,16,17,18,19,20);3-5H,2H2,1H3,(H,9,10);1-2H/b;6-4+,8-3?;. The molecule has 0 bridgehead atoms. The Morgan fingerprint density at radius 2 is 2.03 bits per heavy atom. The third kappa shape index (κ3) is 8.34. The molecule has 33 heavy (non-hydrogen) atoms. The van der Waals surface area contributed by atoms with Gasteiger partial charge in [-0.3, -0.25) is 14.9 Å². The highest BCUT2D eigenvalue weighted by molar-refractivity contribution is 6.28. The molecule has 0 aromatic carbocycles. The lowest BCUT2D eigenvalue weighted by Gasteiger charge is -2.15. The van der Waals surface area contributed by atoms with Crippen molar-refractivity contribution in [2.75, 3.05) is 23.3 Å². The fraction of sp³-hybridized carbons (Fsp3) is 0.381. The van der Waals surface area contributed by atoms with Crippen molar-refractivity contribution in [1.29, 1.82) is 0 Å². The first-order chi connectivity index (χ1) is 16.1. The molecule has 1 aliphatic carbocycles. The van der Waals surface area contributed by atoms with Crippen molar-refractivity contribution < 1.29 is 4.79 Å². The number of aromatic amines is 1. The van der Waals surface area contributed by atoms with Crippen LogP contribution in [-0.2, 0) is 4.79 Å². The first-order valence-corrected chi connectivity index (χ1v) is 10.7. The summed E-state index contributed by atoms with van der Waals surface area (Å²) in [5.41, 5.74) is 1.16. The largest absolute Gasteiger partial charge is 0.341 e. The summed E-state index contributed by atoms with van der Waals surface area (Å²) in [6.07, 6.45) is 16.3. The van der Waals surface area contributed by atoms with E-state index in [1.54, 1.807) is 13.1 Å². The van der Waals surface area contributed by atoms with Crippen molar-refractivity contribution in [3.63, 3.8) is 0 Å². The van der Waals surface area contributed by atoms with E-state index in [0.29, 0.717) is 35.9 Å². The van der Waals surface area contributed by atoms with Gasteiger partial charge in [-0.1, -0.05) is 0 Å². The Morgan fingerprint density at radius 3 is 2.64 bits per heavy atom. The topological polar surface area (TPSA) is 136 Å². The maximum Gasteiger partial charge on any atom is 0.234 e. The van der Waals surface area contributed by atoms with Crippen LogP contribution >= 0.6 is 11.6 Å². The molecule has 3 heterocycles. The Bertz CT molecular complexity index is 990. The molecule has 3 N–H and O–H groups in total. The Balaban J connectivity index is 0.000000275. The minimum Gasteiger partial charge on any atom is -0.341 e. The van der Waals surface area contributed by atoms with E-state index in [0.717, 1.165) is 31.6 Å². The highest BCUT2D eigenvalue weighted by Crippen LogP contribution is 2.39. The average Bonchev–Trinajstić information content (AvgIpc) is 3.32. The molecule has 2 aromatic rings. The van der Waals surface area contributed by atoms with Crippen LogP contribution in [0.25, 0.3) is 0 Å². The van der Waals surface area contributed by atoms with Crippen LogP contribution in [-0.4, -0.2) is 57.6 Å². The van der Waals surface area contributed by atoms with E-state index in [1.807, 2.05) is 6.07 Å². The van der Waals surface area contributed by atoms with Crippen LogP contribution in [0.15, 0.2) is 28.1 Å². The molecule has 1 saturated heterocycles. The normalized spacial score (nSPS) is 15.2. The first kappa shape index (κ1) is 25.5. The summed E-state index contributed by atoms with van der Waals surface area (Å²) in [5.74, 6) is 2.76. The molecule has 0 unspecified atom stereocenters. The summed E-state index contributed by atoms with van der Waals surface area (Å²) in [6, 6.07) is 2.00. The lowest BCUT2D eigenvalue weighted by molar-refractivity contribution is -0.108. The third-order valence-electron chi connectivity index (χ3n) is 4.56. The van der Waals surface area contributed by atoms with E-state index in [2.05, 4.69) is 70.2 Å². The molecule has 11 nitrogen and oxygen atoms in total. The number of rotatable bonds is 8. The van der Waals surface area contributed by atoms with Crippen molar-refractivity contribution in [2.24, 2.45) is 9.98 Å². The van der Waals surface area contributed by atoms with Crippen LogP contribution < -0.4 is 15.5 Å². The fourth-order valence-corrected chi connectivity index (χ4v) is 3.06. The first-order valence-electron chi connectivity index (χ1n) is 10.3. The average molecular weight is 471 g/mol. The predicted molar refractivity (Wildman–Crippen MR) is 131 cm³/mol. The van der Waals surface area contributed by atoms with E-state index in [4.69, 9.17) is 11.6 Å². The van der Waals surface area contributed by atoms with Crippen molar-refractivity contribution in [3.8, 4) is 12.8 Å². The number of hydrogen-bond donors (Lipinski definition) is 3. The number of terminal acetylenes is 1. The number of nitrogens with zero attached hydrogens (tertiary/aromatic N) is 7. The van der Waals surface area contributed by atoms with Crippen LogP contribution in [0, 0.1) is 12.8 Å². The van der Waals surface area contributed by atoms with Gasteiger partial charge < -0.3 is 15.5 Å². The van der Waals surface area contributed by atoms with E-state index < -0.39 is 0 Å². The van der Waals surface area contributed by atoms with Crippen molar-refractivity contribution in [3.05, 3.63) is 29.1 Å². The molecular weight excluding hydrogens is 444 g/mol. The fourth-order valence-electron chi connectivity index (χ4n) is 2.90. The molecule has 1 amide bonds. The molecule has 4 rings (SSSR count). The van der Waals surface area contributed by atoms with Crippen LogP contribution in [0.4, 0.5) is 17.7 Å². The lowest BCUT2D eigenvalue weighted by atomic mass is 10.3. The summed E-state index contributed by atoms with van der Waals surface area (Å²) in [7, 11) is 0. The summed E-state index contributed by atoms with van der Waals surface area (Å²) in [4.78, 5) is 31.9. The second-order valence-corrected chi connectivity index (χ2v) is 7.21. The Morgan fingerprint density at radius 1 is 1.30 bits per heavy atom. The second-order valence-electron chi connectivity index (χ2n) is 6.87. The van der Waals surface area contributed by atoms with E-state index in [1.165, 1.54) is 19.0 Å². The lowest BCUT2D eigenvalue weighted by Crippen LogP contribution is -2.21. The summed E-state index contributed by atoms with van der Waals surface area (Å²) in [5, 5.41) is 12.9. The summed E-state index contributed by atoms with van der Waals surface area (Å²) >= 11 is 6.00. The molecule has 2 fully saturated rings. The molecular formula is C21H27ClN10O. The van der Waals surface area contributed by atoms with Gasteiger partial charge in [0.25, 0.3) is 0 Å². The van der Waals surface area contributed by atoms with Gasteiger partial charge >= 0.3 is 0 Å². The van der Waals surface area contributed by atoms with Gasteiger partial charge in [0, 0.05) is 37.0 Å². The Kier molecular flexibility index (Phi) is 10.5. The van der Waals surface area contributed by atoms with E-state index in [-0.39, 0.29) is 5.28 Å². The summed E-state index contributed by atoms with van der Waals surface area (Å²) < 4.78 is 0. The van der Waals surface area contributed by atoms with E-state index in [9.17, 15) is 4.79 Å². The SMILES string of the molecule is C#C.C=N/C(=C\N=CC)NC=O.Clc1nc(Nc2cc(C3CC3)[nH]n2)nc(N2CCCC2)n1. The zero-order chi connectivity index (χ0) is 24.1. The van der Waals surface area contributed by atoms with Crippen molar-refractivity contribution >= 4 is 48.7 Å². The number of H-pyrrole nitrogens is 1. The minimum absolute atomic E-state index is 0.201. The highest BCUT2D eigenvalue weighted by Gasteiger charge is 2.25. The molecule has 0 atom stereocenters. The predicted octanol–water partition coefficient (Wildman–Crippen LogP) is 3.04. The number of nitrogens with one attached hydrogen (secondary N) is 3.